The molecule has 1 aliphatic rings. The molecule has 1 aromatic carbocycles. The monoisotopic (exact) mass is 242 g/mol. The lowest BCUT2D eigenvalue weighted by Gasteiger charge is -2.33. The zero-order valence-corrected chi connectivity index (χ0v) is 9.86. The summed E-state index contributed by atoms with van der Waals surface area (Å²) in [5, 5.41) is 13.3. The maximum absolute atomic E-state index is 11.0. The number of carbonyl (C=O) groups is 1. The molecule has 0 bridgehead atoms. The molecular weight excluding hydrogens is 228 g/mol. The molecular formula is C14H14N2O2. The minimum absolute atomic E-state index is 0.0139. The van der Waals surface area contributed by atoms with Gasteiger partial charge in [0.2, 0.25) is 0 Å². The fraction of sp³-hybridized carbons (Fsp3) is 0.286. The molecule has 92 valence electrons. The Kier molecular flexibility index (Phi) is 2.63. The summed E-state index contributed by atoms with van der Waals surface area (Å²) < 4.78 is 1.80. The Morgan fingerprint density at radius 2 is 2.00 bits per heavy atom. The van der Waals surface area contributed by atoms with Crippen molar-refractivity contribution in [2.75, 3.05) is 0 Å². The van der Waals surface area contributed by atoms with E-state index in [0.29, 0.717) is 0 Å². The minimum atomic E-state index is -0.719. The van der Waals surface area contributed by atoms with Crippen LogP contribution in [0.4, 0.5) is 0 Å². The van der Waals surface area contributed by atoms with Crippen LogP contribution in [0.3, 0.4) is 0 Å². The smallest absolute Gasteiger partial charge is 0.308 e. The van der Waals surface area contributed by atoms with Gasteiger partial charge in [0.25, 0.3) is 0 Å². The van der Waals surface area contributed by atoms with E-state index in [4.69, 9.17) is 5.11 Å². The summed E-state index contributed by atoms with van der Waals surface area (Å²) >= 11 is 0. The Hall–Kier alpha value is -2.10. The molecule has 1 fully saturated rings. The number of hydrogen-bond acceptors (Lipinski definition) is 2. The summed E-state index contributed by atoms with van der Waals surface area (Å²) in [7, 11) is 0. The van der Waals surface area contributed by atoms with E-state index in [2.05, 4.69) is 5.10 Å². The van der Waals surface area contributed by atoms with Crippen molar-refractivity contribution in [3.63, 3.8) is 0 Å². The third-order valence-electron chi connectivity index (χ3n) is 3.60. The van der Waals surface area contributed by atoms with Crippen LogP contribution in [0.2, 0.25) is 0 Å². The summed E-state index contributed by atoms with van der Waals surface area (Å²) in [4.78, 5) is 11.0. The first-order valence-electron chi connectivity index (χ1n) is 6.08. The fourth-order valence-electron chi connectivity index (χ4n) is 2.39. The van der Waals surface area contributed by atoms with Gasteiger partial charge in [-0.15, -0.1) is 0 Å². The normalized spacial score (nSPS) is 22.4. The minimum Gasteiger partial charge on any atom is -0.481 e. The fourth-order valence-corrected chi connectivity index (χ4v) is 2.39. The SMILES string of the molecule is O=C(O)[C@H]1CC[C@@H]1n1cc(-c2ccccc2)cn1. The van der Waals surface area contributed by atoms with Crippen molar-refractivity contribution in [3.8, 4) is 11.1 Å². The first-order chi connectivity index (χ1) is 8.75. The Morgan fingerprint density at radius 3 is 2.61 bits per heavy atom. The lowest BCUT2D eigenvalue weighted by atomic mass is 9.80. The van der Waals surface area contributed by atoms with Gasteiger partial charge in [-0.05, 0) is 18.4 Å². The van der Waals surface area contributed by atoms with Crippen LogP contribution in [0.5, 0.6) is 0 Å². The van der Waals surface area contributed by atoms with E-state index in [1.165, 1.54) is 0 Å². The van der Waals surface area contributed by atoms with Crippen molar-refractivity contribution in [1.82, 2.24) is 9.78 Å². The quantitative estimate of drug-likeness (QED) is 0.900. The Balaban J connectivity index is 1.84. The van der Waals surface area contributed by atoms with Gasteiger partial charge in [-0.2, -0.15) is 5.10 Å². The zero-order chi connectivity index (χ0) is 12.5. The number of aliphatic carboxylic acids is 1. The van der Waals surface area contributed by atoms with Gasteiger partial charge in [0, 0.05) is 11.8 Å². The maximum Gasteiger partial charge on any atom is 0.308 e. The number of carboxylic acids is 1. The summed E-state index contributed by atoms with van der Waals surface area (Å²) in [5.74, 6) is -1.00. The first-order valence-corrected chi connectivity index (χ1v) is 6.08. The standard InChI is InChI=1S/C14H14N2O2/c17-14(18)12-6-7-13(12)16-9-11(8-15-16)10-4-2-1-3-5-10/h1-5,8-9,12-13H,6-7H2,(H,17,18)/t12-,13-/m0/s1. The van der Waals surface area contributed by atoms with Crippen LogP contribution < -0.4 is 0 Å². The second-order valence-electron chi connectivity index (χ2n) is 4.66. The molecule has 4 heteroatoms. The molecule has 1 saturated carbocycles. The maximum atomic E-state index is 11.0. The van der Waals surface area contributed by atoms with Crippen molar-refractivity contribution >= 4 is 5.97 Å². The number of carboxylic acid groups (broad SMARTS) is 1. The highest BCUT2D eigenvalue weighted by Gasteiger charge is 2.38. The molecule has 1 N–H and O–H groups in total. The molecule has 0 aliphatic heterocycles. The average Bonchev–Trinajstić information content (AvgIpc) is 2.77. The topological polar surface area (TPSA) is 55.1 Å². The Labute approximate surface area is 105 Å². The van der Waals surface area contributed by atoms with Crippen LogP contribution in [0.15, 0.2) is 42.7 Å². The summed E-state index contributed by atoms with van der Waals surface area (Å²) in [5.41, 5.74) is 2.14. The van der Waals surface area contributed by atoms with Gasteiger partial charge in [0.15, 0.2) is 0 Å². The molecule has 0 radical (unpaired) electrons. The second kappa shape index (κ2) is 4.29. The first kappa shape index (κ1) is 11.0. The van der Waals surface area contributed by atoms with E-state index in [1.54, 1.807) is 10.9 Å². The number of hydrogen-bond donors (Lipinski definition) is 1. The highest BCUT2D eigenvalue weighted by Crippen LogP contribution is 2.38. The zero-order valence-electron chi connectivity index (χ0n) is 9.86. The van der Waals surface area contributed by atoms with Gasteiger partial charge in [-0.25, -0.2) is 0 Å². The summed E-state index contributed by atoms with van der Waals surface area (Å²) in [6.45, 7) is 0. The van der Waals surface area contributed by atoms with Crippen molar-refractivity contribution in [1.29, 1.82) is 0 Å². The molecule has 1 heterocycles. The van der Waals surface area contributed by atoms with Crippen LogP contribution in [0.1, 0.15) is 18.9 Å². The van der Waals surface area contributed by atoms with Gasteiger partial charge in [-0.3, -0.25) is 9.48 Å². The Morgan fingerprint density at radius 1 is 1.22 bits per heavy atom. The molecule has 0 amide bonds. The van der Waals surface area contributed by atoms with E-state index >= 15 is 0 Å². The molecule has 1 aromatic heterocycles. The summed E-state index contributed by atoms with van der Waals surface area (Å²) in [6, 6.07) is 10.0. The van der Waals surface area contributed by atoms with Gasteiger partial charge in [-0.1, -0.05) is 30.3 Å². The van der Waals surface area contributed by atoms with Crippen molar-refractivity contribution < 1.29 is 9.90 Å². The predicted octanol–water partition coefficient (Wildman–Crippen LogP) is 2.59. The number of benzene rings is 1. The lowest BCUT2D eigenvalue weighted by Crippen LogP contribution is -2.35. The third kappa shape index (κ3) is 1.79. The van der Waals surface area contributed by atoms with Crippen LogP contribution in [-0.4, -0.2) is 20.9 Å². The van der Waals surface area contributed by atoms with Gasteiger partial charge >= 0.3 is 5.97 Å². The highest BCUT2D eigenvalue weighted by atomic mass is 16.4. The molecule has 3 rings (SSSR count). The molecule has 1 aliphatic carbocycles. The second-order valence-corrected chi connectivity index (χ2v) is 4.66. The molecule has 2 aromatic rings. The molecule has 0 unspecified atom stereocenters. The van der Waals surface area contributed by atoms with Crippen LogP contribution in [0, 0.1) is 5.92 Å². The third-order valence-corrected chi connectivity index (χ3v) is 3.60. The van der Waals surface area contributed by atoms with Crippen molar-refractivity contribution in [3.05, 3.63) is 42.7 Å². The number of nitrogens with zero attached hydrogens (tertiary/aromatic N) is 2. The van der Waals surface area contributed by atoms with E-state index in [-0.39, 0.29) is 12.0 Å². The predicted molar refractivity (Wildman–Crippen MR) is 67.1 cm³/mol. The lowest BCUT2D eigenvalue weighted by molar-refractivity contribution is -0.147. The molecule has 0 saturated heterocycles. The van der Waals surface area contributed by atoms with Crippen molar-refractivity contribution in [2.45, 2.75) is 18.9 Å². The van der Waals surface area contributed by atoms with Crippen molar-refractivity contribution in [2.24, 2.45) is 5.92 Å². The van der Waals surface area contributed by atoms with Crippen LogP contribution >= 0.6 is 0 Å². The molecule has 18 heavy (non-hydrogen) atoms. The van der Waals surface area contributed by atoms with Gasteiger partial charge < -0.3 is 5.11 Å². The molecule has 4 nitrogen and oxygen atoms in total. The Bertz CT molecular complexity index is 562. The van der Waals surface area contributed by atoms with Gasteiger partial charge in [0.1, 0.15) is 0 Å². The van der Waals surface area contributed by atoms with Gasteiger partial charge in [0.05, 0.1) is 18.2 Å². The molecule has 2 atom stereocenters. The molecule has 0 spiro atoms. The number of rotatable bonds is 3. The largest absolute Gasteiger partial charge is 0.481 e. The highest BCUT2D eigenvalue weighted by molar-refractivity contribution is 5.71. The average molecular weight is 242 g/mol. The van der Waals surface area contributed by atoms with Crippen LogP contribution in [0.25, 0.3) is 11.1 Å². The number of aromatic nitrogens is 2. The van der Waals surface area contributed by atoms with Crippen LogP contribution in [-0.2, 0) is 4.79 Å². The van der Waals surface area contributed by atoms with E-state index in [9.17, 15) is 4.79 Å². The van der Waals surface area contributed by atoms with E-state index in [0.717, 1.165) is 24.0 Å². The summed E-state index contributed by atoms with van der Waals surface area (Å²) in [6.07, 6.45) is 5.38. The van der Waals surface area contributed by atoms with E-state index in [1.807, 2.05) is 36.5 Å². The van der Waals surface area contributed by atoms with E-state index < -0.39 is 5.97 Å².